The number of fused-ring (bicyclic) bond motifs is 1. The number of halogens is 5. The molecule has 1 atom stereocenters. The maximum Gasteiger partial charge on any atom is 0.330 e. The molecule has 1 aliphatic rings. The Labute approximate surface area is 141 Å². The van der Waals surface area contributed by atoms with Crippen molar-refractivity contribution in [3.05, 3.63) is 70.0 Å². The molecule has 6 heteroatoms. The van der Waals surface area contributed by atoms with Crippen LogP contribution in [0.3, 0.4) is 0 Å². The number of hydrogen-bond acceptors (Lipinski definition) is 1. The molecule has 0 aromatic heterocycles. The molecule has 0 aliphatic heterocycles. The molecule has 0 radical (unpaired) electrons. The molecule has 0 saturated carbocycles. The molecule has 1 nitrogen and oxygen atoms in total. The molecule has 0 saturated heterocycles. The van der Waals surface area contributed by atoms with E-state index in [4.69, 9.17) is 0 Å². The van der Waals surface area contributed by atoms with Crippen molar-refractivity contribution in [1.29, 1.82) is 0 Å². The summed E-state index contributed by atoms with van der Waals surface area (Å²) in [7, 11) is 0. The van der Waals surface area contributed by atoms with Crippen LogP contribution in [0.2, 0.25) is 0 Å². The van der Waals surface area contributed by atoms with Crippen molar-refractivity contribution in [3.63, 3.8) is 0 Å². The minimum Gasteiger partial charge on any atom is -0.293 e. The molecular formula is C19H15F5O. The number of benzene rings is 2. The molecular weight excluding hydrogens is 339 g/mol. The molecule has 1 aliphatic carbocycles. The molecule has 0 heterocycles. The molecule has 3 rings (SSSR count). The van der Waals surface area contributed by atoms with Gasteiger partial charge in [-0.05, 0) is 35.2 Å². The van der Waals surface area contributed by atoms with E-state index in [0.717, 1.165) is 24.1 Å². The van der Waals surface area contributed by atoms with Crippen molar-refractivity contribution < 1.29 is 26.7 Å². The highest BCUT2D eigenvalue weighted by molar-refractivity contribution is 5.90. The van der Waals surface area contributed by atoms with E-state index in [2.05, 4.69) is 0 Å². The summed E-state index contributed by atoms with van der Waals surface area (Å²) < 4.78 is 68.9. The first-order valence-corrected chi connectivity index (χ1v) is 7.94. The van der Waals surface area contributed by atoms with Crippen LogP contribution < -0.4 is 0 Å². The highest BCUT2D eigenvalue weighted by atomic mass is 19.3. The van der Waals surface area contributed by atoms with E-state index in [-0.39, 0.29) is 11.1 Å². The molecule has 132 valence electrons. The van der Waals surface area contributed by atoms with Gasteiger partial charge in [0.05, 0.1) is 0 Å². The summed E-state index contributed by atoms with van der Waals surface area (Å²) in [6.07, 6.45) is 0.838. The maximum absolute atomic E-state index is 14.3. The van der Waals surface area contributed by atoms with Crippen LogP contribution in [0.5, 0.6) is 0 Å². The molecule has 0 fully saturated rings. The van der Waals surface area contributed by atoms with Gasteiger partial charge < -0.3 is 0 Å². The number of alkyl halides is 2. The fourth-order valence-corrected chi connectivity index (χ4v) is 3.28. The third-order valence-electron chi connectivity index (χ3n) is 4.52. The number of Topliss-reactive ketones (excluding diaryl/α,β-unsaturated/α-hetero) is 1. The van der Waals surface area contributed by atoms with Crippen molar-refractivity contribution in [3.8, 4) is 0 Å². The van der Waals surface area contributed by atoms with Gasteiger partial charge in [-0.25, -0.2) is 13.2 Å². The van der Waals surface area contributed by atoms with Gasteiger partial charge in [0.1, 0.15) is 0 Å². The lowest BCUT2D eigenvalue weighted by atomic mass is 9.75. The number of aryl methyl sites for hydroxylation is 1. The third-order valence-corrected chi connectivity index (χ3v) is 4.52. The van der Waals surface area contributed by atoms with Crippen molar-refractivity contribution >= 4 is 5.78 Å². The van der Waals surface area contributed by atoms with E-state index in [9.17, 15) is 26.7 Å². The summed E-state index contributed by atoms with van der Waals surface area (Å²) in [5.74, 6) is -10.4. The van der Waals surface area contributed by atoms with E-state index >= 15 is 0 Å². The molecule has 0 bridgehead atoms. The second-order valence-electron chi connectivity index (χ2n) is 6.22. The predicted octanol–water partition coefficient (Wildman–Crippen LogP) is 5.25. The fourth-order valence-electron chi connectivity index (χ4n) is 3.28. The smallest absolute Gasteiger partial charge is 0.293 e. The van der Waals surface area contributed by atoms with Gasteiger partial charge in [-0.1, -0.05) is 31.5 Å². The standard InChI is InChI=1S/C19H15F5O/c1-2-3-10-4-5-14-13(6-10)12(9-17(25)19(14,23)24)11-7-15(20)18(22)16(21)8-11/h4-8,12H,2-3,9H2,1H3. The monoisotopic (exact) mass is 354 g/mol. The SMILES string of the molecule is CCCc1ccc2c(c1)C(c1cc(F)c(F)c(F)c1)CC(=O)C2(F)F. The Bertz CT molecular complexity index is 821. The highest BCUT2D eigenvalue weighted by Crippen LogP contribution is 2.46. The van der Waals surface area contributed by atoms with Gasteiger partial charge in [-0.2, -0.15) is 8.78 Å². The van der Waals surface area contributed by atoms with Gasteiger partial charge in [-0.15, -0.1) is 0 Å². The Morgan fingerprint density at radius 3 is 2.32 bits per heavy atom. The number of hydrogen-bond donors (Lipinski definition) is 0. The van der Waals surface area contributed by atoms with E-state index in [1.54, 1.807) is 6.07 Å². The fraction of sp³-hybridized carbons (Fsp3) is 0.316. The lowest BCUT2D eigenvalue weighted by Crippen LogP contribution is -2.34. The van der Waals surface area contributed by atoms with Crippen molar-refractivity contribution in [1.82, 2.24) is 0 Å². The summed E-state index contributed by atoms with van der Waals surface area (Å²) in [6.45, 7) is 1.93. The quantitative estimate of drug-likeness (QED) is 0.543. The second-order valence-corrected chi connectivity index (χ2v) is 6.22. The van der Waals surface area contributed by atoms with Gasteiger partial charge >= 0.3 is 5.92 Å². The number of carbonyl (C=O) groups excluding carboxylic acids is 1. The molecule has 0 amide bonds. The molecule has 2 aromatic carbocycles. The number of carbonyl (C=O) groups is 1. The van der Waals surface area contributed by atoms with Gasteiger partial charge in [0.2, 0.25) is 5.78 Å². The van der Waals surface area contributed by atoms with Crippen LogP contribution in [0.4, 0.5) is 22.0 Å². The molecule has 25 heavy (non-hydrogen) atoms. The van der Waals surface area contributed by atoms with Gasteiger partial charge in [0, 0.05) is 17.9 Å². The van der Waals surface area contributed by atoms with Gasteiger partial charge in [-0.3, -0.25) is 4.79 Å². The summed E-state index contributed by atoms with van der Waals surface area (Å²) >= 11 is 0. The number of rotatable bonds is 3. The van der Waals surface area contributed by atoms with Crippen LogP contribution in [0.15, 0.2) is 30.3 Å². The third kappa shape index (κ3) is 2.94. The zero-order valence-electron chi connectivity index (χ0n) is 13.4. The summed E-state index contributed by atoms with van der Waals surface area (Å²) in [5, 5.41) is 0. The van der Waals surface area contributed by atoms with E-state index < -0.39 is 47.1 Å². The van der Waals surface area contributed by atoms with Crippen LogP contribution in [-0.4, -0.2) is 5.78 Å². The zero-order valence-corrected chi connectivity index (χ0v) is 13.4. The average molecular weight is 354 g/mol. The lowest BCUT2D eigenvalue weighted by Gasteiger charge is -2.31. The first kappa shape index (κ1) is 17.6. The second kappa shape index (κ2) is 6.24. The van der Waals surface area contributed by atoms with Crippen LogP contribution in [0.1, 0.15) is 47.9 Å². The Morgan fingerprint density at radius 1 is 1.08 bits per heavy atom. The Morgan fingerprint density at radius 2 is 1.72 bits per heavy atom. The van der Waals surface area contributed by atoms with Crippen molar-refractivity contribution in [2.45, 2.75) is 38.0 Å². The summed E-state index contributed by atoms with van der Waals surface area (Å²) in [4.78, 5) is 11.9. The normalized spacial score (nSPS) is 19.0. The minimum atomic E-state index is -3.65. The van der Waals surface area contributed by atoms with E-state index in [1.165, 1.54) is 12.1 Å². The van der Waals surface area contributed by atoms with E-state index in [1.807, 2.05) is 6.92 Å². The minimum absolute atomic E-state index is 0.0323. The van der Waals surface area contributed by atoms with Gasteiger partial charge in [0.25, 0.3) is 0 Å². The Kier molecular flexibility index (Phi) is 4.39. The number of ketones is 1. The molecule has 2 aromatic rings. The highest BCUT2D eigenvalue weighted by Gasteiger charge is 2.48. The Hall–Kier alpha value is -2.24. The molecule has 0 spiro atoms. The topological polar surface area (TPSA) is 17.1 Å². The summed E-state index contributed by atoms with van der Waals surface area (Å²) in [5.41, 5.74) is 0.453. The first-order chi connectivity index (χ1) is 11.8. The summed E-state index contributed by atoms with van der Waals surface area (Å²) in [6, 6.07) is 5.79. The van der Waals surface area contributed by atoms with E-state index in [0.29, 0.717) is 6.42 Å². The molecule has 0 N–H and O–H groups in total. The largest absolute Gasteiger partial charge is 0.330 e. The van der Waals surface area contributed by atoms with Crippen molar-refractivity contribution in [2.75, 3.05) is 0 Å². The average Bonchev–Trinajstić information content (AvgIpc) is 2.56. The lowest BCUT2D eigenvalue weighted by molar-refractivity contribution is -0.146. The van der Waals surface area contributed by atoms with Crippen LogP contribution >= 0.6 is 0 Å². The van der Waals surface area contributed by atoms with Crippen LogP contribution in [0, 0.1) is 17.5 Å². The molecule has 1 unspecified atom stereocenters. The van der Waals surface area contributed by atoms with Gasteiger partial charge in [0.15, 0.2) is 17.5 Å². The zero-order chi connectivity index (χ0) is 18.4. The maximum atomic E-state index is 14.3. The first-order valence-electron chi connectivity index (χ1n) is 7.94. The van der Waals surface area contributed by atoms with Crippen LogP contribution in [-0.2, 0) is 17.1 Å². The van der Waals surface area contributed by atoms with Crippen molar-refractivity contribution in [2.24, 2.45) is 0 Å². The Balaban J connectivity index is 2.19. The predicted molar refractivity (Wildman–Crippen MR) is 82.1 cm³/mol. The van der Waals surface area contributed by atoms with Crippen LogP contribution in [0.25, 0.3) is 0 Å².